The van der Waals surface area contributed by atoms with Crippen molar-refractivity contribution in [3.8, 4) is 5.75 Å². The summed E-state index contributed by atoms with van der Waals surface area (Å²) in [6.07, 6.45) is 2.59. The van der Waals surface area contributed by atoms with Crippen LogP contribution in [0.2, 0.25) is 0 Å². The highest BCUT2D eigenvalue weighted by Gasteiger charge is 2.34. The van der Waals surface area contributed by atoms with Gasteiger partial charge in [-0.25, -0.2) is 0 Å². The summed E-state index contributed by atoms with van der Waals surface area (Å²) >= 11 is 0. The Kier molecular flexibility index (Phi) is 4.16. The number of piperidine rings is 1. The molecular weight excluding hydrogens is 248 g/mol. The number of rotatable bonds is 5. The molecule has 3 nitrogen and oxygen atoms in total. The molecule has 2 heterocycles. The summed E-state index contributed by atoms with van der Waals surface area (Å²) in [5, 5.41) is 3.75. The van der Waals surface area contributed by atoms with Crippen LogP contribution in [0, 0.1) is 11.8 Å². The quantitative estimate of drug-likeness (QED) is 0.892. The van der Waals surface area contributed by atoms with Crippen molar-refractivity contribution in [3.05, 3.63) is 24.3 Å². The van der Waals surface area contributed by atoms with Crippen LogP contribution in [0.25, 0.3) is 0 Å². The summed E-state index contributed by atoms with van der Waals surface area (Å²) in [5.41, 5.74) is 1.17. The van der Waals surface area contributed by atoms with Gasteiger partial charge in [0.15, 0.2) is 0 Å². The van der Waals surface area contributed by atoms with E-state index in [0.29, 0.717) is 12.0 Å². The number of para-hydroxylation sites is 2. The fraction of sp³-hybridized carbons (Fsp3) is 0.647. The second-order valence-electron chi connectivity index (χ2n) is 6.59. The Labute approximate surface area is 122 Å². The Balaban J connectivity index is 1.67. The van der Waals surface area contributed by atoms with E-state index in [9.17, 15) is 0 Å². The van der Waals surface area contributed by atoms with E-state index in [2.05, 4.69) is 48.3 Å². The van der Waals surface area contributed by atoms with E-state index < -0.39 is 0 Å². The molecule has 110 valence electrons. The van der Waals surface area contributed by atoms with Gasteiger partial charge in [-0.2, -0.15) is 0 Å². The number of fused-ring (bicyclic) bond motifs is 2. The minimum absolute atomic E-state index is 0.557. The number of anilines is 1. The monoisotopic (exact) mass is 274 g/mol. The summed E-state index contributed by atoms with van der Waals surface area (Å²) < 4.78 is 5.95. The average molecular weight is 274 g/mol. The molecule has 0 radical (unpaired) electrons. The van der Waals surface area contributed by atoms with Crippen LogP contribution >= 0.6 is 0 Å². The Bertz CT molecular complexity index is 446. The van der Waals surface area contributed by atoms with E-state index in [1.54, 1.807) is 0 Å². The second-order valence-corrected chi connectivity index (χ2v) is 6.59. The van der Waals surface area contributed by atoms with Gasteiger partial charge in [0, 0.05) is 19.1 Å². The fourth-order valence-corrected chi connectivity index (χ4v) is 3.31. The van der Waals surface area contributed by atoms with Crippen molar-refractivity contribution < 1.29 is 4.74 Å². The molecule has 0 saturated carbocycles. The topological polar surface area (TPSA) is 24.5 Å². The van der Waals surface area contributed by atoms with Crippen molar-refractivity contribution in [2.45, 2.75) is 32.7 Å². The maximum atomic E-state index is 5.95. The van der Waals surface area contributed by atoms with Crippen molar-refractivity contribution >= 4 is 5.69 Å². The van der Waals surface area contributed by atoms with Crippen molar-refractivity contribution in [2.24, 2.45) is 11.8 Å². The molecule has 2 aliphatic heterocycles. The summed E-state index contributed by atoms with van der Waals surface area (Å²) in [6.45, 7) is 8.94. The Morgan fingerprint density at radius 2 is 2.05 bits per heavy atom. The van der Waals surface area contributed by atoms with Crippen molar-refractivity contribution in [1.29, 1.82) is 0 Å². The summed E-state index contributed by atoms with van der Waals surface area (Å²) in [7, 11) is 0. The van der Waals surface area contributed by atoms with Gasteiger partial charge in [0.05, 0.1) is 12.3 Å². The summed E-state index contributed by atoms with van der Waals surface area (Å²) in [4.78, 5) is 2.59. The number of hydrogen-bond donors (Lipinski definition) is 1. The molecule has 2 aliphatic rings. The van der Waals surface area contributed by atoms with E-state index >= 15 is 0 Å². The predicted molar refractivity (Wildman–Crippen MR) is 83.3 cm³/mol. The maximum Gasteiger partial charge on any atom is 0.142 e. The van der Waals surface area contributed by atoms with Gasteiger partial charge >= 0.3 is 0 Å². The minimum atomic E-state index is 0.557. The number of nitrogens with one attached hydrogen (secondary N) is 1. The Hall–Kier alpha value is -1.22. The zero-order valence-electron chi connectivity index (χ0n) is 12.6. The van der Waals surface area contributed by atoms with Crippen LogP contribution in [0.3, 0.4) is 0 Å². The van der Waals surface area contributed by atoms with Gasteiger partial charge in [-0.05, 0) is 43.4 Å². The van der Waals surface area contributed by atoms with Gasteiger partial charge in [-0.1, -0.05) is 26.0 Å². The van der Waals surface area contributed by atoms with Gasteiger partial charge in [0.1, 0.15) is 5.75 Å². The normalized spacial score (nSPS) is 28.6. The first-order valence-corrected chi connectivity index (χ1v) is 7.93. The van der Waals surface area contributed by atoms with Crippen LogP contribution in [0.1, 0.15) is 26.7 Å². The molecule has 0 aliphatic carbocycles. The van der Waals surface area contributed by atoms with Gasteiger partial charge in [-0.15, -0.1) is 0 Å². The van der Waals surface area contributed by atoms with E-state index in [1.165, 1.54) is 38.2 Å². The van der Waals surface area contributed by atoms with Crippen molar-refractivity contribution in [2.75, 3.05) is 31.6 Å². The molecule has 0 spiro atoms. The third-order valence-corrected chi connectivity index (χ3v) is 4.43. The van der Waals surface area contributed by atoms with Gasteiger partial charge in [-0.3, -0.25) is 0 Å². The van der Waals surface area contributed by atoms with E-state index in [0.717, 1.165) is 18.3 Å². The molecule has 2 saturated heterocycles. The van der Waals surface area contributed by atoms with Crippen LogP contribution in [0.4, 0.5) is 5.69 Å². The van der Waals surface area contributed by atoms with Gasteiger partial charge in [0.2, 0.25) is 0 Å². The van der Waals surface area contributed by atoms with E-state index in [-0.39, 0.29) is 0 Å². The highest BCUT2D eigenvalue weighted by Crippen LogP contribution is 2.32. The molecule has 0 amide bonds. The van der Waals surface area contributed by atoms with Crippen LogP contribution in [-0.2, 0) is 0 Å². The lowest BCUT2D eigenvalue weighted by Gasteiger charge is -2.32. The molecule has 1 aromatic rings. The zero-order chi connectivity index (χ0) is 13.9. The third kappa shape index (κ3) is 3.09. The lowest BCUT2D eigenvalue weighted by atomic mass is 9.94. The molecule has 3 unspecified atom stereocenters. The standard InChI is InChI=1S/C17H26N2O/c1-13(2)12-20-17-6-4-3-5-16(17)18-15-8-10-19-9-7-14(15)11-19/h3-6,13-15,18H,7-12H2,1-2H3. The lowest BCUT2D eigenvalue weighted by molar-refractivity contribution is 0.252. The lowest BCUT2D eigenvalue weighted by Crippen LogP contribution is -2.39. The Morgan fingerprint density at radius 1 is 1.25 bits per heavy atom. The molecule has 3 heteroatoms. The molecule has 3 atom stereocenters. The summed E-state index contributed by atoms with van der Waals surface area (Å²) in [5.74, 6) is 2.37. The van der Waals surface area contributed by atoms with Crippen molar-refractivity contribution in [1.82, 2.24) is 4.90 Å². The smallest absolute Gasteiger partial charge is 0.142 e. The molecule has 1 aromatic carbocycles. The number of nitrogens with zero attached hydrogens (tertiary/aromatic N) is 1. The number of ether oxygens (including phenoxy) is 1. The highest BCUT2D eigenvalue weighted by atomic mass is 16.5. The van der Waals surface area contributed by atoms with Crippen LogP contribution < -0.4 is 10.1 Å². The third-order valence-electron chi connectivity index (χ3n) is 4.43. The second kappa shape index (κ2) is 6.04. The first kappa shape index (κ1) is 13.7. The zero-order valence-corrected chi connectivity index (χ0v) is 12.6. The largest absolute Gasteiger partial charge is 0.491 e. The van der Waals surface area contributed by atoms with E-state index in [1.807, 2.05) is 0 Å². The fourth-order valence-electron chi connectivity index (χ4n) is 3.31. The van der Waals surface area contributed by atoms with Gasteiger partial charge < -0.3 is 15.0 Å². The molecule has 0 aromatic heterocycles. The molecule has 2 bridgehead atoms. The molecular formula is C17H26N2O. The Morgan fingerprint density at radius 3 is 2.90 bits per heavy atom. The van der Waals surface area contributed by atoms with Gasteiger partial charge in [0.25, 0.3) is 0 Å². The average Bonchev–Trinajstić information content (AvgIpc) is 2.83. The van der Waals surface area contributed by atoms with E-state index in [4.69, 9.17) is 4.74 Å². The molecule has 20 heavy (non-hydrogen) atoms. The van der Waals surface area contributed by atoms with Crippen LogP contribution in [-0.4, -0.2) is 37.2 Å². The van der Waals surface area contributed by atoms with Crippen LogP contribution in [0.5, 0.6) is 5.75 Å². The predicted octanol–water partition coefficient (Wildman–Crippen LogP) is 3.23. The highest BCUT2D eigenvalue weighted by molar-refractivity contribution is 5.57. The molecule has 3 rings (SSSR count). The molecule has 2 fully saturated rings. The maximum absolute atomic E-state index is 5.95. The SMILES string of the molecule is CC(C)COc1ccccc1NC1CCN2CCC1C2. The first-order valence-electron chi connectivity index (χ1n) is 7.93. The molecule has 1 N–H and O–H groups in total. The minimum Gasteiger partial charge on any atom is -0.491 e. The number of hydrogen-bond acceptors (Lipinski definition) is 3. The first-order chi connectivity index (χ1) is 9.72. The van der Waals surface area contributed by atoms with Crippen molar-refractivity contribution in [3.63, 3.8) is 0 Å². The number of benzene rings is 1. The summed E-state index contributed by atoms with van der Waals surface area (Å²) in [6, 6.07) is 8.98. The van der Waals surface area contributed by atoms with Crippen LogP contribution in [0.15, 0.2) is 24.3 Å².